The van der Waals surface area contributed by atoms with E-state index in [9.17, 15) is 4.79 Å². The SMILES string of the molecule is CCC(C)(CCO)NC(=O)Nc1ccc(OC(C)C)c(C)c1. The van der Waals surface area contributed by atoms with Gasteiger partial charge in [0.1, 0.15) is 5.75 Å². The molecule has 0 saturated carbocycles. The number of aryl methyl sites for hydroxylation is 1. The minimum absolute atomic E-state index is 0.0466. The minimum Gasteiger partial charge on any atom is -0.491 e. The molecule has 5 nitrogen and oxygen atoms in total. The standard InChI is InChI=1S/C17H28N2O3/c1-6-17(5,9-10-20)19-16(21)18-14-7-8-15(13(4)11-14)22-12(2)3/h7-8,11-12,20H,6,9-10H2,1-5H3,(H2,18,19,21). The maximum atomic E-state index is 12.1. The smallest absolute Gasteiger partial charge is 0.319 e. The molecule has 124 valence electrons. The number of urea groups is 1. The van der Waals surface area contributed by atoms with Crippen LogP contribution in [0.15, 0.2) is 18.2 Å². The number of carbonyl (C=O) groups is 1. The maximum absolute atomic E-state index is 12.1. The lowest BCUT2D eigenvalue weighted by molar-refractivity contribution is 0.208. The Morgan fingerprint density at radius 1 is 1.41 bits per heavy atom. The van der Waals surface area contributed by atoms with Gasteiger partial charge >= 0.3 is 6.03 Å². The number of benzene rings is 1. The van der Waals surface area contributed by atoms with Crippen LogP contribution in [-0.4, -0.2) is 29.4 Å². The average Bonchev–Trinajstić information content (AvgIpc) is 2.41. The molecule has 0 aliphatic carbocycles. The van der Waals surface area contributed by atoms with Crippen molar-refractivity contribution in [1.29, 1.82) is 0 Å². The molecule has 0 fully saturated rings. The molecule has 1 rings (SSSR count). The number of carbonyl (C=O) groups excluding carboxylic acids is 1. The quantitative estimate of drug-likeness (QED) is 0.722. The summed E-state index contributed by atoms with van der Waals surface area (Å²) in [4.78, 5) is 12.1. The monoisotopic (exact) mass is 308 g/mol. The third-order valence-electron chi connectivity index (χ3n) is 3.65. The molecule has 1 unspecified atom stereocenters. The molecule has 0 radical (unpaired) electrons. The number of hydrogen-bond acceptors (Lipinski definition) is 3. The molecule has 22 heavy (non-hydrogen) atoms. The van der Waals surface area contributed by atoms with Gasteiger partial charge < -0.3 is 20.5 Å². The molecule has 1 aromatic carbocycles. The van der Waals surface area contributed by atoms with Crippen LogP contribution >= 0.6 is 0 Å². The summed E-state index contributed by atoms with van der Waals surface area (Å²) in [5, 5.41) is 14.8. The summed E-state index contributed by atoms with van der Waals surface area (Å²) in [5.74, 6) is 0.819. The molecule has 0 saturated heterocycles. The van der Waals surface area contributed by atoms with Gasteiger partial charge in [0.25, 0.3) is 0 Å². The van der Waals surface area contributed by atoms with Crippen LogP contribution in [0.25, 0.3) is 0 Å². The van der Waals surface area contributed by atoms with E-state index < -0.39 is 5.54 Å². The minimum atomic E-state index is -0.408. The van der Waals surface area contributed by atoms with Gasteiger partial charge in [-0.3, -0.25) is 0 Å². The number of anilines is 1. The fourth-order valence-corrected chi connectivity index (χ4v) is 2.12. The van der Waals surface area contributed by atoms with Gasteiger partial charge in [0.2, 0.25) is 0 Å². The summed E-state index contributed by atoms with van der Waals surface area (Å²) < 4.78 is 5.68. The first-order chi connectivity index (χ1) is 10.3. The van der Waals surface area contributed by atoms with Gasteiger partial charge in [-0.2, -0.15) is 0 Å². The number of aliphatic hydroxyl groups is 1. The second-order valence-corrected chi connectivity index (χ2v) is 6.11. The highest BCUT2D eigenvalue weighted by molar-refractivity contribution is 5.90. The van der Waals surface area contributed by atoms with Gasteiger partial charge in [0.15, 0.2) is 0 Å². The molecule has 0 aromatic heterocycles. The highest BCUT2D eigenvalue weighted by atomic mass is 16.5. The predicted molar refractivity (Wildman–Crippen MR) is 89.5 cm³/mol. The molecule has 0 bridgehead atoms. The zero-order valence-electron chi connectivity index (χ0n) is 14.2. The summed E-state index contributed by atoms with van der Waals surface area (Å²) in [5.41, 5.74) is 1.28. The fraction of sp³-hybridized carbons (Fsp3) is 0.588. The lowest BCUT2D eigenvalue weighted by atomic mass is 9.95. The van der Waals surface area contributed by atoms with Crippen molar-refractivity contribution < 1.29 is 14.6 Å². The molecule has 2 amide bonds. The van der Waals surface area contributed by atoms with E-state index in [1.165, 1.54) is 0 Å². The molecular formula is C17H28N2O3. The van der Waals surface area contributed by atoms with E-state index >= 15 is 0 Å². The molecule has 0 spiro atoms. The predicted octanol–water partition coefficient (Wildman–Crippen LogP) is 3.45. The van der Waals surface area contributed by atoms with Crippen LogP contribution in [0.5, 0.6) is 5.75 Å². The molecular weight excluding hydrogens is 280 g/mol. The lowest BCUT2D eigenvalue weighted by Crippen LogP contribution is -2.48. The summed E-state index contributed by atoms with van der Waals surface area (Å²) in [7, 11) is 0. The van der Waals surface area contributed by atoms with Crippen molar-refractivity contribution >= 4 is 11.7 Å². The summed E-state index contributed by atoms with van der Waals surface area (Å²) in [6.07, 6.45) is 1.39. The number of aliphatic hydroxyl groups excluding tert-OH is 1. The molecule has 0 heterocycles. The Morgan fingerprint density at radius 3 is 2.59 bits per heavy atom. The van der Waals surface area contributed by atoms with Gasteiger partial charge in [-0.15, -0.1) is 0 Å². The van der Waals surface area contributed by atoms with Crippen LogP contribution in [0.3, 0.4) is 0 Å². The highest BCUT2D eigenvalue weighted by Crippen LogP contribution is 2.23. The first kappa shape index (κ1) is 18.3. The third-order valence-corrected chi connectivity index (χ3v) is 3.65. The van der Waals surface area contributed by atoms with Crippen molar-refractivity contribution in [3.05, 3.63) is 23.8 Å². The van der Waals surface area contributed by atoms with E-state index in [1.54, 1.807) is 0 Å². The molecule has 3 N–H and O–H groups in total. The van der Waals surface area contributed by atoms with Gasteiger partial charge in [-0.25, -0.2) is 4.79 Å². The van der Waals surface area contributed by atoms with E-state index in [0.29, 0.717) is 12.1 Å². The van der Waals surface area contributed by atoms with Gasteiger partial charge in [0.05, 0.1) is 6.10 Å². The number of nitrogens with one attached hydrogen (secondary N) is 2. The second-order valence-electron chi connectivity index (χ2n) is 6.11. The Labute approximate surface area is 133 Å². The van der Waals surface area contributed by atoms with Crippen LogP contribution in [0.1, 0.15) is 46.1 Å². The Bertz CT molecular complexity index is 503. The van der Waals surface area contributed by atoms with E-state index in [0.717, 1.165) is 17.7 Å². The normalized spacial score (nSPS) is 13.6. The van der Waals surface area contributed by atoms with Crippen LogP contribution < -0.4 is 15.4 Å². The van der Waals surface area contributed by atoms with Gasteiger partial charge in [0, 0.05) is 17.8 Å². The Balaban J connectivity index is 2.70. The lowest BCUT2D eigenvalue weighted by Gasteiger charge is -2.29. The first-order valence-electron chi connectivity index (χ1n) is 7.77. The maximum Gasteiger partial charge on any atom is 0.319 e. The van der Waals surface area contributed by atoms with E-state index in [1.807, 2.05) is 52.8 Å². The Morgan fingerprint density at radius 2 is 2.09 bits per heavy atom. The van der Waals surface area contributed by atoms with Crippen molar-refractivity contribution in [2.75, 3.05) is 11.9 Å². The summed E-state index contributed by atoms with van der Waals surface area (Å²) >= 11 is 0. The van der Waals surface area contributed by atoms with Gasteiger partial charge in [-0.05, 0) is 64.3 Å². The van der Waals surface area contributed by atoms with Crippen LogP contribution in [0, 0.1) is 6.92 Å². The average molecular weight is 308 g/mol. The van der Waals surface area contributed by atoms with Crippen molar-refractivity contribution in [2.45, 2.75) is 59.1 Å². The van der Waals surface area contributed by atoms with Crippen molar-refractivity contribution in [3.8, 4) is 5.75 Å². The van der Waals surface area contributed by atoms with E-state index in [2.05, 4.69) is 10.6 Å². The summed E-state index contributed by atoms with van der Waals surface area (Å²) in [6, 6.07) is 5.29. The molecule has 0 aliphatic heterocycles. The number of ether oxygens (including phenoxy) is 1. The van der Waals surface area contributed by atoms with Gasteiger partial charge in [-0.1, -0.05) is 6.92 Å². The highest BCUT2D eigenvalue weighted by Gasteiger charge is 2.23. The number of rotatable bonds is 7. The van der Waals surface area contributed by atoms with Crippen LogP contribution in [0.2, 0.25) is 0 Å². The molecule has 1 atom stereocenters. The van der Waals surface area contributed by atoms with E-state index in [-0.39, 0.29) is 18.7 Å². The van der Waals surface area contributed by atoms with Crippen molar-refractivity contribution in [1.82, 2.24) is 5.32 Å². The molecule has 5 heteroatoms. The van der Waals surface area contributed by atoms with Crippen molar-refractivity contribution in [2.24, 2.45) is 0 Å². The first-order valence-corrected chi connectivity index (χ1v) is 7.77. The second kappa shape index (κ2) is 8.03. The third kappa shape index (κ3) is 5.56. The number of hydrogen-bond donors (Lipinski definition) is 3. The van der Waals surface area contributed by atoms with Crippen molar-refractivity contribution in [3.63, 3.8) is 0 Å². The summed E-state index contributed by atoms with van der Waals surface area (Å²) in [6.45, 7) is 9.86. The Hall–Kier alpha value is -1.75. The zero-order chi connectivity index (χ0) is 16.8. The molecule has 1 aromatic rings. The van der Waals surface area contributed by atoms with E-state index in [4.69, 9.17) is 9.84 Å². The largest absolute Gasteiger partial charge is 0.491 e. The number of amides is 2. The topological polar surface area (TPSA) is 70.6 Å². The molecule has 0 aliphatic rings. The fourth-order valence-electron chi connectivity index (χ4n) is 2.12. The zero-order valence-corrected chi connectivity index (χ0v) is 14.2. The Kier molecular flexibility index (Phi) is 6.68. The van der Waals surface area contributed by atoms with Crippen LogP contribution in [0.4, 0.5) is 10.5 Å². The van der Waals surface area contributed by atoms with Crippen LogP contribution in [-0.2, 0) is 0 Å².